The summed E-state index contributed by atoms with van der Waals surface area (Å²) in [6.45, 7) is 11.0. The first-order chi connectivity index (χ1) is 10.6. The molecule has 0 aliphatic rings. The molecular formula is C19H28O4. The van der Waals surface area contributed by atoms with Crippen LogP contribution < -0.4 is 4.74 Å². The standard InChI is InChI=1S/C15H22O4.C4H6/c1-10(17)11-5-12(15(2,3)4)7-14(6-11)19-9-13(18)8-16;1-3-4-2/h5-7,13,16,18H,8-9H2,1-4H3;1-2H3. The van der Waals surface area contributed by atoms with Crippen LogP contribution in [0.5, 0.6) is 5.75 Å². The molecule has 0 aromatic heterocycles. The molecule has 1 unspecified atom stereocenters. The predicted octanol–water partition coefficient (Wildman–Crippen LogP) is 2.95. The van der Waals surface area contributed by atoms with Crippen LogP contribution in [0, 0.1) is 11.8 Å². The van der Waals surface area contributed by atoms with E-state index in [1.54, 1.807) is 6.07 Å². The summed E-state index contributed by atoms with van der Waals surface area (Å²) in [5.41, 5.74) is 1.48. The van der Waals surface area contributed by atoms with Crippen LogP contribution in [-0.2, 0) is 5.41 Å². The smallest absolute Gasteiger partial charge is 0.159 e. The Hall–Kier alpha value is -1.83. The lowest BCUT2D eigenvalue weighted by Gasteiger charge is -2.21. The van der Waals surface area contributed by atoms with Gasteiger partial charge in [0.05, 0.1) is 6.61 Å². The fourth-order valence-electron chi connectivity index (χ4n) is 1.56. The summed E-state index contributed by atoms with van der Waals surface area (Å²) in [4.78, 5) is 11.5. The van der Waals surface area contributed by atoms with Gasteiger partial charge in [-0.15, -0.1) is 11.8 Å². The number of aliphatic hydroxyl groups excluding tert-OH is 2. The topological polar surface area (TPSA) is 66.8 Å². The number of carbonyl (C=O) groups is 1. The molecular weight excluding hydrogens is 292 g/mol. The zero-order chi connectivity index (χ0) is 18.0. The molecule has 1 rings (SSSR count). The van der Waals surface area contributed by atoms with E-state index >= 15 is 0 Å². The van der Waals surface area contributed by atoms with E-state index in [0.29, 0.717) is 11.3 Å². The maximum atomic E-state index is 11.5. The number of hydrogen-bond acceptors (Lipinski definition) is 4. The highest BCUT2D eigenvalue weighted by Gasteiger charge is 2.17. The molecule has 1 atom stereocenters. The van der Waals surface area contributed by atoms with Crippen molar-refractivity contribution < 1.29 is 19.7 Å². The summed E-state index contributed by atoms with van der Waals surface area (Å²) in [5, 5.41) is 18.0. The van der Waals surface area contributed by atoms with Gasteiger partial charge in [-0.05, 0) is 49.9 Å². The maximum absolute atomic E-state index is 11.5. The molecule has 0 saturated heterocycles. The first-order valence-electron chi connectivity index (χ1n) is 7.57. The van der Waals surface area contributed by atoms with Crippen LogP contribution in [0.3, 0.4) is 0 Å². The third-order valence-electron chi connectivity index (χ3n) is 3.08. The Bertz CT molecular complexity index is 553. The van der Waals surface area contributed by atoms with Gasteiger partial charge in [-0.25, -0.2) is 0 Å². The summed E-state index contributed by atoms with van der Waals surface area (Å²) < 4.78 is 5.42. The Morgan fingerprint density at radius 3 is 2.17 bits per heavy atom. The number of aliphatic hydroxyl groups is 2. The van der Waals surface area contributed by atoms with Gasteiger partial charge in [0, 0.05) is 5.56 Å². The second kappa shape index (κ2) is 10.0. The highest BCUT2D eigenvalue weighted by molar-refractivity contribution is 5.94. The Kier molecular flexibility index (Phi) is 9.24. The molecule has 1 aromatic carbocycles. The van der Waals surface area contributed by atoms with Crippen LogP contribution in [0.2, 0.25) is 0 Å². The molecule has 0 saturated carbocycles. The second-order valence-electron chi connectivity index (χ2n) is 6.20. The van der Waals surface area contributed by atoms with Crippen molar-refractivity contribution in [2.45, 2.75) is 53.1 Å². The Balaban J connectivity index is 0.00000108. The third-order valence-corrected chi connectivity index (χ3v) is 3.08. The molecule has 2 N–H and O–H groups in total. The molecule has 0 radical (unpaired) electrons. The number of Topliss-reactive ketones (excluding diaryl/α,β-unsaturated/α-hetero) is 1. The quantitative estimate of drug-likeness (QED) is 0.646. The lowest BCUT2D eigenvalue weighted by molar-refractivity contribution is 0.0535. The van der Waals surface area contributed by atoms with Crippen molar-refractivity contribution in [3.63, 3.8) is 0 Å². The van der Waals surface area contributed by atoms with E-state index in [2.05, 4.69) is 32.6 Å². The minimum atomic E-state index is -0.918. The second-order valence-corrected chi connectivity index (χ2v) is 6.20. The molecule has 0 spiro atoms. The van der Waals surface area contributed by atoms with E-state index in [9.17, 15) is 9.90 Å². The molecule has 0 aliphatic carbocycles. The van der Waals surface area contributed by atoms with Crippen LogP contribution >= 0.6 is 0 Å². The van der Waals surface area contributed by atoms with Crippen molar-refractivity contribution in [2.75, 3.05) is 13.2 Å². The Morgan fingerprint density at radius 1 is 1.22 bits per heavy atom. The van der Waals surface area contributed by atoms with Crippen molar-refractivity contribution >= 4 is 5.78 Å². The van der Waals surface area contributed by atoms with Crippen LogP contribution in [-0.4, -0.2) is 35.3 Å². The molecule has 4 heteroatoms. The lowest BCUT2D eigenvalue weighted by atomic mass is 9.85. The molecule has 0 aliphatic heterocycles. The van der Waals surface area contributed by atoms with Crippen LogP contribution in [0.15, 0.2) is 18.2 Å². The Morgan fingerprint density at radius 2 is 1.78 bits per heavy atom. The zero-order valence-electron chi connectivity index (χ0n) is 14.9. The zero-order valence-corrected chi connectivity index (χ0v) is 14.9. The minimum absolute atomic E-state index is 0.00143. The lowest BCUT2D eigenvalue weighted by Crippen LogP contribution is -2.21. The SMILES string of the molecule is CC#CC.CC(=O)c1cc(OCC(O)CO)cc(C(C)(C)C)c1. The molecule has 0 fully saturated rings. The van der Waals surface area contributed by atoms with Gasteiger partial charge in [0.1, 0.15) is 18.5 Å². The van der Waals surface area contributed by atoms with E-state index in [0.717, 1.165) is 5.56 Å². The average molecular weight is 320 g/mol. The average Bonchev–Trinajstić information content (AvgIpc) is 2.51. The van der Waals surface area contributed by atoms with Gasteiger partial charge >= 0.3 is 0 Å². The van der Waals surface area contributed by atoms with Crippen molar-refractivity contribution in [3.05, 3.63) is 29.3 Å². The van der Waals surface area contributed by atoms with Gasteiger partial charge < -0.3 is 14.9 Å². The molecule has 0 amide bonds. The van der Waals surface area contributed by atoms with Crippen LogP contribution in [0.1, 0.15) is 57.5 Å². The summed E-state index contributed by atoms with van der Waals surface area (Å²) in [5.74, 6) is 5.86. The highest BCUT2D eigenvalue weighted by Crippen LogP contribution is 2.28. The van der Waals surface area contributed by atoms with Crippen molar-refractivity contribution in [1.29, 1.82) is 0 Å². The van der Waals surface area contributed by atoms with E-state index in [-0.39, 0.29) is 24.4 Å². The molecule has 4 nitrogen and oxygen atoms in total. The predicted molar refractivity (Wildman–Crippen MR) is 92.9 cm³/mol. The largest absolute Gasteiger partial charge is 0.491 e. The number of rotatable bonds is 5. The first kappa shape index (κ1) is 21.2. The summed E-state index contributed by atoms with van der Waals surface area (Å²) >= 11 is 0. The first-order valence-corrected chi connectivity index (χ1v) is 7.57. The monoisotopic (exact) mass is 320 g/mol. The van der Waals surface area contributed by atoms with Crippen molar-refractivity contribution in [2.24, 2.45) is 0 Å². The normalized spacial score (nSPS) is 11.5. The van der Waals surface area contributed by atoms with E-state index in [1.807, 2.05) is 26.0 Å². The van der Waals surface area contributed by atoms with Crippen LogP contribution in [0.25, 0.3) is 0 Å². The summed E-state index contributed by atoms with van der Waals surface area (Å²) in [7, 11) is 0. The van der Waals surface area contributed by atoms with Crippen LogP contribution in [0.4, 0.5) is 0 Å². The van der Waals surface area contributed by atoms with Gasteiger partial charge in [-0.2, -0.15) is 0 Å². The van der Waals surface area contributed by atoms with Gasteiger partial charge in [0.2, 0.25) is 0 Å². The molecule has 0 bridgehead atoms. The molecule has 1 aromatic rings. The van der Waals surface area contributed by atoms with E-state index < -0.39 is 6.10 Å². The number of ether oxygens (including phenoxy) is 1. The summed E-state index contributed by atoms with van der Waals surface area (Å²) in [6.07, 6.45) is -0.918. The fraction of sp³-hybridized carbons (Fsp3) is 0.526. The van der Waals surface area contributed by atoms with E-state index in [4.69, 9.17) is 9.84 Å². The fourth-order valence-corrected chi connectivity index (χ4v) is 1.56. The number of ketones is 1. The number of hydrogen-bond donors (Lipinski definition) is 2. The van der Waals surface area contributed by atoms with Crippen molar-refractivity contribution in [3.8, 4) is 17.6 Å². The van der Waals surface area contributed by atoms with Gasteiger partial charge in [-0.3, -0.25) is 4.79 Å². The van der Waals surface area contributed by atoms with Gasteiger partial charge in [0.15, 0.2) is 5.78 Å². The number of carbonyl (C=O) groups excluding carboxylic acids is 1. The Labute approximate surface area is 139 Å². The minimum Gasteiger partial charge on any atom is -0.491 e. The third kappa shape index (κ3) is 8.39. The van der Waals surface area contributed by atoms with Crippen molar-refractivity contribution in [1.82, 2.24) is 0 Å². The van der Waals surface area contributed by atoms with Gasteiger partial charge in [0.25, 0.3) is 0 Å². The maximum Gasteiger partial charge on any atom is 0.159 e. The molecule has 0 heterocycles. The highest BCUT2D eigenvalue weighted by atomic mass is 16.5. The number of benzene rings is 1. The summed E-state index contributed by atoms with van der Waals surface area (Å²) in [6, 6.07) is 5.37. The van der Waals surface area contributed by atoms with Gasteiger partial charge in [-0.1, -0.05) is 20.8 Å². The molecule has 23 heavy (non-hydrogen) atoms. The van der Waals surface area contributed by atoms with E-state index in [1.165, 1.54) is 6.92 Å². The molecule has 128 valence electrons.